The number of hydrogen-bond donors (Lipinski definition) is 2. The fourth-order valence-electron chi connectivity index (χ4n) is 1.90. The lowest BCUT2D eigenvalue weighted by Crippen LogP contribution is -1.86. The van der Waals surface area contributed by atoms with E-state index < -0.39 is 0 Å². The molecule has 0 aliphatic rings. The fraction of sp³-hybridized carbons (Fsp3) is 0.333. The maximum atomic E-state index is 4.57. The molecule has 0 atom stereocenters. The number of imidazole rings is 2. The fourth-order valence-corrected chi connectivity index (χ4v) is 2.66. The van der Waals surface area contributed by atoms with E-state index in [0.717, 1.165) is 33.0 Å². The minimum Gasteiger partial charge on any atom is -0.342 e. The second-order valence-corrected chi connectivity index (χ2v) is 5.98. The lowest BCUT2D eigenvalue weighted by atomic mass is 10.3. The molecule has 0 aliphatic carbocycles. The predicted molar refractivity (Wildman–Crippen MR) is 71.5 cm³/mol. The Kier molecular flexibility index (Phi) is 2.36. The summed E-state index contributed by atoms with van der Waals surface area (Å²) >= 11 is 1.74. The van der Waals surface area contributed by atoms with E-state index in [1.807, 2.05) is 13.0 Å². The normalized spacial score (nSPS) is 12.0. The van der Waals surface area contributed by atoms with Crippen molar-refractivity contribution in [3.05, 3.63) is 18.0 Å². The van der Waals surface area contributed by atoms with Gasteiger partial charge in [-0.3, -0.25) is 0 Å². The van der Waals surface area contributed by atoms with E-state index in [0.29, 0.717) is 5.25 Å². The van der Waals surface area contributed by atoms with Crippen LogP contribution in [0.4, 0.5) is 0 Å². The third-order valence-corrected chi connectivity index (χ3v) is 3.42. The average molecular weight is 246 g/mol. The van der Waals surface area contributed by atoms with E-state index in [4.69, 9.17) is 0 Å². The van der Waals surface area contributed by atoms with Crippen molar-refractivity contribution in [1.82, 2.24) is 19.9 Å². The molecule has 0 amide bonds. The Morgan fingerprint density at radius 2 is 1.76 bits per heavy atom. The first-order valence-corrected chi connectivity index (χ1v) is 6.52. The number of hydrogen-bond acceptors (Lipinski definition) is 3. The highest BCUT2D eigenvalue weighted by Gasteiger charge is 2.08. The van der Waals surface area contributed by atoms with Crippen LogP contribution in [-0.4, -0.2) is 25.2 Å². The summed E-state index contributed by atoms with van der Waals surface area (Å²) in [5, 5.41) is 1.50. The summed E-state index contributed by atoms with van der Waals surface area (Å²) in [7, 11) is 0. The minimum absolute atomic E-state index is 0.529. The zero-order chi connectivity index (χ0) is 12.0. The molecule has 3 aromatic rings. The summed E-state index contributed by atoms with van der Waals surface area (Å²) < 4.78 is 0. The molecule has 1 aromatic carbocycles. The van der Waals surface area contributed by atoms with E-state index in [9.17, 15) is 0 Å². The van der Waals surface area contributed by atoms with E-state index in [1.54, 1.807) is 11.8 Å². The Morgan fingerprint density at radius 3 is 2.53 bits per heavy atom. The van der Waals surface area contributed by atoms with Crippen LogP contribution in [0, 0.1) is 6.92 Å². The molecule has 0 fully saturated rings. The van der Waals surface area contributed by atoms with Gasteiger partial charge in [-0.05, 0) is 19.1 Å². The van der Waals surface area contributed by atoms with Gasteiger partial charge in [0.15, 0.2) is 5.16 Å². The molecular formula is C12H14N4S. The van der Waals surface area contributed by atoms with Crippen LogP contribution in [0.25, 0.3) is 22.1 Å². The Hall–Kier alpha value is -1.49. The summed E-state index contributed by atoms with van der Waals surface area (Å²) in [6, 6.07) is 4.09. The number of aromatic nitrogens is 4. The molecule has 0 saturated heterocycles. The summed E-state index contributed by atoms with van der Waals surface area (Å²) in [6.07, 6.45) is 0. The predicted octanol–water partition coefficient (Wildman–Crippen LogP) is 3.25. The smallest absolute Gasteiger partial charge is 0.166 e. The zero-order valence-corrected chi connectivity index (χ0v) is 10.9. The first kappa shape index (κ1) is 10.7. The number of benzene rings is 1. The number of aromatic amines is 2. The zero-order valence-electron chi connectivity index (χ0n) is 10.0. The number of thioether (sulfide) groups is 1. The molecule has 3 rings (SSSR count). The molecule has 0 bridgehead atoms. The van der Waals surface area contributed by atoms with E-state index in [1.165, 1.54) is 0 Å². The maximum absolute atomic E-state index is 4.57. The van der Waals surface area contributed by atoms with Gasteiger partial charge < -0.3 is 9.97 Å². The SMILES string of the molecule is Cc1nc2cc3nc(SC(C)C)[nH]c3cc2[nH]1. The van der Waals surface area contributed by atoms with Gasteiger partial charge in [-0.15, -0.1) is 0 Å². The molecule has 5 heteroatoms. The van der Waals surface area contributed by atoms with Crippen molar-refractivity contribution in [2.75, 3.05) is 0 Å². The molecule has 17 heavy (non-hydrogen) atoms. The Labute approximate surface area is 103 Å². The quantitative estimate of drug-likeness (QED) is 0.682. The highest BCUT2D eigenvalue weighted by atomic mass is 32.2. The molecule has 0 radical (unpaired) electrons. The van der Waals surface area contributed by atoms with Crippen molar-refractivity contribution < 1.29 is 0 Å². The first-order valence-electron chi connectivity index (χ1n) is 5.64. The van der Waals surface area contributed by atoms with Gasteiger partial charge in [-0.25, -0.2) is 9.97 Å². The van der Waals surface area contributed by atoms with Crippen LogP contribution >= 0.6 is 11.8 Å². The lowest BCUT2D eigenvalue weighted by molar-refractivity contribution is 1.04. The number of nitrogens with one attached hydrogen (secondary N) is 2. The molecule has 2 aromatic heterocycles. The molecule has 0 aliphatic heterocycles. The molecule has 4 nitrogen and oxygen atoms in total. The molecule has 2 N–H and O–H groups in total. The van der Waals surface area contributed by atoms with E-state index in [-0.39, 0.29) is 0 Å². The average Bonchev–Trinajstić information content (AvgIpc) is 2.73. The van der Waals surface area contributed by atoms with Crippen molar-refractivity contribution in [1.29, 1.82) is 0 Å². The molecular weight excluding hydrogens is 232 g/mol. The van der Waals surface area contributed by atoms with Gasteiger partial charge in [0, 0.05) is 5.25 Å². The Balaban J connectivity index is 2.15. The summed E-state index contributed by atoms with van der Waals surface area (Å²) in [5.74, 6) is 0.935. The molecule has 2 heterocycles. The van der Waals surface area contributed by atoms with Crippen LogP contribution in [0.3, 0.4) is 0 Å². The van der Waals surface area contributed by atoms with Gasteiger partial charge >= 0.3 is 0 Å². The van der Waals surface area contributed by atoms with E-state index in [2.05, 4.69) is 39.8 Å². The maximum Gasteiger partial charge on any atom is 0.166 e. The van der Waals surface area contributed by atoms with Gasteiger partial charge in [-0.2, -0.15) is 0 Å². The first-order chi connectivity index (χ1) is 8.11. The third kappa shape index (κ3) is 1.91. The Bertz CT molecular complexity index is 629. The van der Waals surface area contributed by atoms with E-state index >= 15 is 0 Å². The van der Waals surface area contributed by atoms with Crippen LogP contribution in [0.1, 0.15) is 19.7 Å². The van der Waals surface area contributed by atoms with Crippen molar-refractivity contribution in [2.24, 2.45) is 0 Å². The molecule has 0 unspecified atom stereocenters. The van der Waals surface area contributed by atoms with Crippen molar-refractivity contribution in [3.8, 4) is 0 Å². The second kappa shape index (κ2) is 3.77. The number of rotatable bonds is 2. The van der Waals surface area contributed by atoms with Crippen molar-refractivity contribution in [3.63, 3.8) is 0 Å². The van der Waals surface area contributed by atoms with Crippen LogP contribution < -0.4 is 0 Å². The van der Waals surface area contributed by atoms with Gasteiger partial charge in [-0.1, -0.05) is 25.6 Å². The largest absolute Gasteiger partial charge is 0.342 e. The van der Waals surface area contributed by atoms with Crippen LogP contribution in [0.2, 0.25) is 0 Å². The third-order valence-electron chi connectivity index (χ3n) is 2.53. The van der Waals surface area contributed by atoms with Crippen molar-refractivity contribution in [2.45, 2.75) is 31.2 Å². The number of nitrogens with zero attached hydrogens (tertiary/aromatic N) is 2. The summed E-state index contributed by atoms with van der Waals surface area (Å²) in [5.41, 5.74) is 4.07. The van der Waals surface area contributed by atoms with Gasteiger partial charge in [0.2, 0.25) is 0 Å². The summed E-state index contributed by atoms with van der Waals surface area (Å²) in [4.78, 5) is 15.6. The Morgan fingerprint density at radius 1 is 1.06 bits per heavy atom. The monoisotopic (exact) mass is 246 g/mol. The minimum atomic E-state index is 0.529. The van der Waals surface area contributed by atoms with Crippen LogP contribution in [-0.2, 0) is 0 Å². The highest BCUT2D eigenvalue weighted by Crippen LogP contribution is 2.25. The van der Waals surface area contributed by atoms with Gasteiger partial charge in [0.05, 0.1) is 22.1 Å². The summed E-state index contributed by atoms with van der Waals surface area (Å²) in [6.45, 7) is 6.28. The van der Waals surface area contributed by atoms with Gasteiger partial charge in [0.1, 0.15) is 5.82 Å². The van der Waals surface area contributed by atoms with Crippen molar-refractivity contribution >= 4 is 33.8 Å². The standard InChI is InChI=1S/C12H14N4S/c1-6(2)17-12-15-10-4-8-9(5-11(10)16-12)14-7(3)13-8/h4-6H,1-3H3,(H,13,14)(H,15,16). The highest BCUT2D eigenvalue weighted by molar-refractivity contribution is 7.99. The molecule has 88 valence electrons. The number of aryl methyl sites for hydroxylation is 1. The van der Waals surface area contributed by atoms with Crippen LogP contribution in [0.15, 0.2) is 17.3 Å². The second-order valence-electron chi connectivity index (χ2n) is 4.42. The molecule has 0 spiro atoms. The van der Waals surface area contributed by atoms with Crippen LogP contribution in [0.5, 0.6) is 0 Å². The number of H-pyrrole nitrogens is 2. The topological polar surface area (TPSA) is 57.4 Å². The number of fused-ring (bicyclic) bond motifs is 2. The molecule has 0 saturated carbocycles. The van der Waals surface area contributed by atoms with Gasteiger partial charge in [0.25, 0.3) is 0 Å². The lowest BCUT2D eigenvalue weighted by Gasteiger charge is -1.97.